The van der Waals surface area contributed by atoms with Gasteiger partial charge < -0.3 is 13.7 Å². The second-order valence-corrected chi connectivity index (χ2v) is 12.8. The molecule has 51 heavy (non-hydrogen) atoms. The van der Waals surface area contributed by atoms with E-state index >= 15 is 0 Å². The molecule has 10 aromatic rings. The lowest BCUT2D eigenvalue weighted by Gasteiger charge is -2.25. The Kier molecular flexibility index (Phi) is 6.78. The number of furan rings is 1. The predicted molar refractivity (Wildman–Crippen MR) is 210 cm³/mol. The zero-order valence-electron chi connectivity index (χ0n) is 27.5. The van der Waals surface area contributed by atoms with Gasteiger partial charge in [-0.05, 0) is 99.8 Å². The third kappa shape index (κ3) is 5.04. The summed E-state index contributed by atoms with van der Waals surface area (Å²) < 4.78 is 12.8. The second kappa shape index (κ2) is 11.9. The summed E-state index contributed by atoms with van der Waals surface area (Å²) in [4.78, 5) is 7.11. The van der Waals surface area contributed by atoms with Crippen LogP contribution < -0.4 is 4.90 Å². The standard InChI is InChI=1S/C47H30N2O2/c1-3-12-36(13-4-1)49(37-14-5-2-6-15-37)38-26-23-32(24-27-38)31-19-21-34(22-20-31)40-29-35(47-48-41-17-9-10-18-42(41)51-47)30-44-46(40)45-39-16-8-7-11-33(39)25-28-43(45)50-44/h1-30H. The van der Waals surface area contributed by atoms with Gasteiger partial charge in [0.1, 0.15) is 16.7 Å². The van der Waals surface area contributed by atoms with Crippen LogP contribution in [0.25, 0.3) is 77.5 Å². The molecule has 0 bridgehead atoms. The molecule has 4 heteroatoms. The van der Waals surface area contributed by atoms with Crippen molar-refractivity contribution in [3.05, 3.63) is 182 Å². The molecule has 10 rings (SSSR count). The minimum atomic E-state index is 0.571. The van der Waals surface area contributed by atoms with E-state index in [1.54, 1.807) is 0 Å². The number of para-hydroxylation sites is 4. The Morgan fingerprint density at radius 2 is 1.00 bits per heavy atom. The monoisotopic (exact) mass is 654 g/mol. The molecule has 2 heterocycles. The van der Waals surface area contributed by atoms with Crippen molar-refractivity contribution in [1.82, 2.24) is 4.98 Å². The summed E-state index contributed by atoms with van der Waals surface area (Å²) in [5, 5.41) is 4.55. The first-order valence-corrected chi connectivity index (χ1v) is 17.1. The zero-order chi connectivity index (χ0) is 33.7. The lowest BCUT2D eigenvalue weighted by atomic mass is 9.93. The highest BCUT2D eigenvalue weighted by Gasteiger charge is 2.20. The molecule has 0 N–H and O–H groups in total. The van der Waals surface area contributed by atoms with Crippen molar-refractivity contribution in [2.45, 2.75) is 0 Å². The fraction of sp³-hybridized carbons (Fsp3) is 0. The lowest BCUT2D eigenvalue weighted by molar-refractivity contribution is 0.619. The molecule has 4 nitrogen and oxygen atoms in total. The summed E-state index contributed by atoms with van der Waals surface area (Å²) >= 11 is 0. The highest BCUT2D eigenvalue weighted by atomic mass is 16.3. The molecule has 0 saturated carbocycles. The first-order chi connectivity index (χ1) is 25.3. The van der Waals surface area contributed by atoms with Crippen molar-refractivity contribution in [3.8, 4) is 33.7 Å². The van der Waals surface area contributed by atoms with E-state index < -0.39 is 0 Å². The van der Waals surface area contributed by atoms with Crippen LogP contribution in [0, 0.1) is 0 Å². The third-order valence-electron chi connectivity index (χ3n) is 9.69. The van der Waals surface area contributed by atoms with E-state index in [0.717, 1.165) is 77.9 Å². The normalized spacial score (nSPS) is 11.5. The minimum Gasteiger partial charge on any atom is -0.456 e. The molecule has 0 radical (unpaired) electrons. The van der Waals surface area contributed by atoms with E-state index in [2.05, 4.69) is 150 Å². The van der Waals surface area contributed by atoms with Crippen LogP contribution in [-0.2, 0) is 0 Å². The Bertz CT molecular complexity index is 2760. The first kappa shape index (κ1) is 29.0. The van der Waals surface area contributed by atoms with Gasteiger partial charge in [0, 0.05) is 33.4 Å². The van der Waals surface area contributed by atoms with Gasteiger partial charge in [0.25, 0.3) is 0 Å². The largest absolute Gasteiger partial charge is 0.456 e. The first-order valence-electron chi connectivity index (χ1n) is 17.1. The molecular weight excluding hydrogens is 625 g/mol. The number of hydrogen-bond acceptors (Lipinski definition) is 4. The summed E-state index contributed by atoms with van der Waals surface area (Å²) in [7, 11) is 0. The fourth-order valence-electron chi connectivity index (χ4n) is 7.26. The molecule has 0 fully saturated rings. The molecule has 0 atom stereocenters. The topological polar surface area (TPSA) is 42.4 Å². The SMILES string of the molecule is c1ccc(N(c2ccccc2)c2ccc(-c3ccc(-c4cc(-c5nc6ccccc6o5)cc5oc6ccc7ccccc7c6c45)cc3)cc2)cc1. The van der Waals surface area contributed by atoms with Crippen LogP contribution in [0.3, 0.4) is 0 Å². The quantitative estimate of drug-likeness (QED) is 0.179. The number of nitrogens with zero attached hydrogens (tertiary/aromatic N) is 2. The van der Waals surface area contributed by atoms with E-state index in [1.807, 2.05) is 36.4 Å². The molecule has 0 aliphatic carbocycles. The van der Waals surface area contributed by atoms with E-state index in [4.69, 9.17) is 13.8 Å². The molecule has 8 aromatic carbocycles. The molecule has 0 spiro atoms. The maximum Gasteiger partial charge on any atom is 0.227 e. The Balaban J connectivity index is 1.08. The highest BCUT2D eigenvalue weighted by Crippen LogP contribution is 2.43. The van der Waals surface area contributed by atoms with Crippen LogP contribution in [0.15, 0.2) is 191 Å². The Hall–Kier alpha value is -6.91. The summed E-state index contributed by atoms with van der Waals surface area (Å²) in [6.45, 7) is 0. The molecule has 0 aliphatic rings. The van der Waals surface area contributed by atoms with Crippen LogP contribution in [0.2, 0.25) is 0 Å². The molecule has 240 valence electrons. The number of benzene rings is 8. The van der Waals surface area contributed by atoms with E-state index in [1.165, 1.54) is 10.8 Å². The maximum absolute atomic E-state index is 6.57. The van der Waals surface area contributed by atoms with Crippen LogP contribution in [-0.4, -0.2) is 4.98 Å². The summed E-state index contributed by atoms with van der Waals surface area (Å²) in [5.74, 6) is 0.571. The maximum atomic E-state index is 6.57. The number of aromatic nitrogens is 1. The van der Waals surface area contributed by atoms with Gasteiger partial charge in [-0.3, -0.25) is 0 Å². The number of oxazole rings is 1. The summed E-state index contributed by atoms with van der Waals surface area (Å²) in [5.41, 5.74) is 11.9. The van der Waals surface area contributed by atoms with Crippen molar-refractivity contribution in [3.63, 3.8) is 0 Å². The van der Waals surface area contributed by atoms with Gasteiger partial charge in [0.2, 0.25) is 5.89 Å². The zero-order valence-corrected chi connectivity index (χ0v) is 27.5. The smallest absolute Gasteiger partial charge is 0.227 e. The van der Waals surface area contributed by atoms with Gasteiger partial charge in [0.05, 0.1) is 0 Å². The number of rotatable bonds is 6. The Labute approximate surface area is 294 Å². The highest BCUT2D eigenvalue weighted by molar-refractivity contribution is 6.23. The Morgan fingerprint density at radius 3 is 1.73 bits per heavy atom. The number of fused-ring (bicyclic) bond motifs is 6. The van der Waals surface area contributed by atoms with Crippen LogP contribution >= 0.6 is 0 Å². The minimum absolute atomic E-state index is 0.571. The van der Waals surface area contributed by atoms with Crippen molar-refractivity contribution in [2.24, 2.45) is 0 Å². The van der Waals surface area contributed by atoms with Crippen LogP contribution in [0.1, 0.15) is 0 Å². The van der Waals surface area contributed by atoms with Gasteiger partial charge in [-0.25, -0.2) is 4.98 Å². The number of hydrogen-bond donors (Lipinski definition) is 0. The molecule has 0 amide bonds. The van der Waals surface area contributed by atoms with E-state index in [0.29, 0.717) is 5.89 Å². The summed E-state index contributed by atoms with van der Waals surface area (Å²) in [6.07, 6.45) is 0. The molecule has 2 aromatic heterocycles. The average Bonchev–Trinajstić information content (AvgIpc) is 3.81. The number of anilines is 3. The Morgan fingerprint density at radius 1 is 0.392 bits per heavy atom. The van der Waals surface area contributed by atoms with Gasteiger partial charge in [-0.2, -0.15) is 0 Å². The predicted octanol–water partition coefficient (Wildman–Crippen LogP) is 13.4. The average molecular weight is 655 g/mol. The van der Waals surface area contributed by atoms with E-state index in [-0.39, 0.29) is 0 Å². The van der Waals surface area contributed by atoms with Gasteiger partial charge in [0.15, 0.2) is 5.58 Å². The van der Waals surface area contributed by atoms with Gasteiger partial charge in [-0.15, -0.1) is 0 Å². The fourth-order valence-corrected chi connectivity index (χ4v) is 7.26. The molecule has 0 unspecified atom stereocenters. The van der Waals surface area contributed by atoms with E-state index in [9.17, 15) is 0 Å². The molecular formula is C47H30N2O2. The summed E-state index contributed by atoms with van der Waals surface area (Å²) in [6, 6.07) is 63.4. The van der Waals surface area contributed by atoms with Crippen molar-refractivity contribution in [1.29, 1.82) is 0 Å². The lowest BCUT2D eigenvalue weighted by Crippen LogP contribution is -2.09. The van der Waals surface area contributed by atoms with Crippen molar-refractivity contribution >= 4 is 60.9 Å². The molecule has 0 aliphatic heterocycles. The van der Waals surface area contributed by atoms with Crippen molar-refractivity contribution < 1.29 is 8.83 Å². The van der Waals surface area contributed by atoms with Crippen molar-refractivity contribution in [2.75, 3.05) is 4.90 Å². The second-order valence-electron chi connectivity index (χ2n) is 12.8. The van der Waals surface area contributed by atoms with Crippen LogP contribution in [0.4, 0.5) is 17.1 Å². The molecule has 0 saturated heterocycles. The van der Waals surface area contributed by atoms with Crippen LogP contribution in [0.5, 0.6) is 0 Å². The van der Waals surface area contributed by atoms with Gasteiger partial charge >= 0.3 is 0 Å². The van der Waals surface area contributed by atoms with Gasteiger partial charge in [-0.1, -0.05) is 115 Å². The third-order valence-corrected chi connectivity index (χ3v) is 9.69.